The second kappa shape index (κ2) is 5.38. The Labute approximate surface area is 138 Å². The molecule has 0 atom stereocenters. The van der Waals surface area contributed by atoms with Crippen molar-refractivity contribution < 1.29 is 14.7 Å². The molecule has 0 radical (unpaired) electrons. The van der Waals surface area contributed by atoms with Gasteiger partial charge < -0.3 is 10.4 Å². The monoisotopic (exact) mass is 318 g/mol. The van der Waals surface area contributed by atoms with Gasteiger partial charge in [-0.2, -0.15) is 0 Å². The minimum Gasteiger partial charge on any atom is -0.508 e. The maximum absolute atomic E-state index is 12.6. The highest BCUT2D eigenvalue weighted by atomic mass is 16.3. The molecule has 5 heteroatoms. The molecule has 2 amide bonds. The number of nitrogens with zero attached hydrogens (tertiary/aromatic N) is 1. The molecule has 24 heavy (non-hydrogen) atoms. The van der Waals surface area contributed by atoms with Gasteiger partial charge in [0.15, 0.2) is 0 Å². The summed E-state index contributed by atoms with van der Waals surface area (Å²) in [6.45, 7) is 0. The van der Waals surface area contributed by atoms with E-state index in [2.05, 4.69) is 5.32 Å². The third kappa shape index (κ3) is 2.27. The largest absolute Gasteiger partial charge is 0.508 e. The average molecular weight is 318 g/mol. The fourth-order valence-corrected chi connectivity index (χ4v) is 3.03. The van der Waals surface area contributed by atoms with Crippen molar-refractivity contribution in [1.82, 2.24) is 0 Å². The minimum absolute atomic E-state index is 0.0613. The molecule has 0 fully saturated rings. The molecule has 0 bridgehead atoms. The quantitative estimate of drug-likeness (QED) is 0.674. The molecule has 4 rings (SSSR count). The highest BCUT2D eigenvalue weighted by Crippen LogP contribution is 2.40. The number of hydrogen-bond donors (Lipinski definition) is 2. The first kappa shape index (κ1) is 14.3. The van der Waals surface area contributed by atoms with E-state index in [9.17, 15) is 14.7 Å². The van der Waals surface area contributed by atoms with Crippen molar-refractivity contribution in [3.05, 3.63) is 60.7 Å². The summed E-state index contributed by atoms with van der Waals surface area (Å²) < 4.78 is 0. The molecular formula is C19H14N2O3. The van der Waals surface area contributed by atoms with Crippen LogP contribution in [-0.2, 0) is 9.59 Å². The number of phenols is 1. The number of anilines is 3. The highest BCUT2D eigenvalue weighted by molar-refractivity contribution is 6.21. The average Bonchev–Trinajstić information content (AvgIpc) is 2.69. The van der Waals surface area contributed by atoms with Gasteiger partial charge in [-0.3, -0.25) is 14.5 Å². The zero-order valence-corrected chi connectivity index (χ0v) is 12.7. The first-order valence-electron chi connectivity index (χ1n) is 7.57. The van der Waals surface area contributed by atoms with Crippen LogP contribution in [-0.4, -0.2) is 16.9 Å². The Kier molecular flexibility index (Phi) is 3.20. The van der Waals surface area contributed by atoms with Gasteiger partial charge in [0, 0.05) is 11.5 Å². The first-order chi connectivity index (χ1) is 11.6. The summed E-state index contributed by atoms with van der Waals surface area (Å²) in [5.74, 6) is -0.626. The lowest BCUT2D eigenvalue weighted by Crippen LogP contribution is -2.26. The van der Waals surface area contributed by atoms with Crippen molar-refractivity contribution in [2.75, 3.05) is 10.2 Å². The lowest BCUT2D eigenvalue weighted by atomic mass is 10.1. The summed E-state index contributed by atoms with van der Waals surface area (Å²) >= 11 is 0. The fourth-order valence-electron chi connectivity index (χ4n) is 3.03. The smallest absolute Gasteiger partial charge is 0.241 e. The van der Waals surface area contributed by atoms with Crippen molar-refractivity contribution in [3.8, 4) is 5.75 Å². The Morgan fingerprint density at radius 2 is 1.79 bits per heavy atom. The van der Waals surface area contributed by atoms with E-state index in [-0.39, 0.29) is 24.0 Å². The van der Waals surface area contributed by atoms with Gasteiger partial charge in [-0.15, -0.1) is 0 Å². The summed E-state index contributed by atoms with van der Waals surface area (Å²) in [6, 6.07) is 17.8. The lowest BCUT2D eigenvalue weighted by Gasteiger charge is -2.23. The van der Waals surface area contributed by atoms with Gasteiger partial charge in [-0.1, -0.05) is 36.4 Å². The Hall–Kier alpha value is -3.34. The van der Waals surface area contributed by atoms with Gasteiger partial charge in [0.25, 0.3) is 0 Å². The molecule has 0 saturated heterocycles. The van der Waals surface area contributed by atoms with Crippen LogP contribution >= 0.6 is 0 Å². The number of benzene rings is 3. The molecular weight excluding hydrogens is 304 g/mol. The summed E-state index contributed by atoms with van der Waals surface area (Å²) in [4.78, 5) is 26.2. The highest BCUT2D eigenvalue weighted by Gasteiger charge is 2.28. The molecule has 0 aromatic heterocycles. The third-order valence-corrected chi connectivity index (χ3v) is 4.06. The van der Waals surface area contributed by atoms with Crippen molar-refractivity contribution in [2.45, 2.75) is 6.42 Å². The van der Waals surface area contributed by atoms with E-state index in [1.54, 1.807) is 12.1 Å². The van der Waals surface area contributed by atoms with E-state index in [1.165, 1.54) is 17.0 Å². The van der Waals surface area contributed by atoms with Crippen LogP contribution in [0.5, 0.6) is 5.75 Å². The van der Waals surface area contributed by atoms with Gasteiger partial charge in [0.1, 0.15) is 12.2 Å². The molecule has 3 aromatic carbocycles. The Morgan fingerprint density at radius 1 is 0.958 bits per heavy atom. The molecule has 5 nitrogen and oxygen atoms in total. The van der Waals surface area contributed by atoms with Crippen molar-refractivity contribution in [2.24, 2.45) is 0 Å². The Morgan fingerprint density at radius 3 is 2.62 bits per heavy atom. The van der Waals surface area contributed by atoms with Crippen LogP contribution in [0, 0.1) is 0 Å². The van der Waals surface area contributed by atoms with E-state index in [1.807, 2.05) is 36.4 Å². The van der Waals surface area contributed by atoms with Gasteiger partial charge in [0.05, 0.1) is 17.1 Å². The zero-order chi connectivity index (χ0) is 16.7. The number of carbonyl (C=O) groups is 2. The second-order valence-corrected chi connectivity index (χ2v) is 5.65. The number of hydrogen-bond acceptors (Lipinski definition) is 3. The minimum atomic E-state index is -0.347. The molecule has 1 aliphatic heterocycles. The summed E-state index contributed by atoms with van der Waals surface area (Å²) in [5.41, 5.74) is 1.72. The number of fused-ring (bicyclic) bond motifs is 3. The Balaban J connectivity index is 2.00. The molecule has 2 N–H and O–H groups in total. The molecule has 0 unspecified atom stereocenters. The van der Waals surface area contributed by atoms with E-state index in [0.717, 1.165) is 10.8 Å². The first-order valence-corrected chi connectivity index (χ1v) is 7.57. The summed E-state index contributed by atoms with van der Waals surface area (Å²) in [5, 5.41) is 14.4. The van der Waals surface area contributed by atoms with Gasteiger partial charge in [-0.05, 0) is 23.6 Å². The van der Waals surface area contributed by atoms with Crippen LogP contribution in [0.15, 0.2) is 60.7 Å². The van der Waals surface area contributed by atoms with Crippen molar-refractivity contribution in [1.29, 1.82) is 0 Å². The summed E-state index contributed by atoms with van der Waals surface area (Å²) in [6.07, 6.45) is -0.251. The molecule has 1 heterocycles. The molecule has 0 spiro atoms. The topological polar surface area (TPSA) is 69.6 Å². The zero-order valence-electron chi connectivity index (χ0n) is 12.7. The van der Waals surface area contributed by atoms with Crippen LogP contribution < -0.4 is 10.2 Å². The van der Waals surface area contributed by atoms with Crippen molar-refractivity contribution in [3.63, 3.8) is 0 Å². The van der Waals surface area contributed by atoms with Crippen molar-refractivity contribution >= 4 is 39.6 Å². The maximum atomic E-state index is 12.6. The predicted molar refractivity (Wildman–Crippen MR) is 92.4 cm³/mol. The number of amides is 2. The number of rotatable bonds is 1. The van der Waals surface area contributed by atoms with Crippen LogP contribution in [0.1, 0.15) is 6.42 Å². The number of phenolic OH excluding ortho intramolecular Hbond substituents is 1. The molecule has 3 aromatic rings. The number of nitrogens with one attached hydrogen (secondary N) is 1. The molecule has 1 aliphatic rings. The number of aromatic hydroxyl groups is 1. The van der Waals surface area contributed by atoms with E-state index < -0.39 is 0 Å². The van der Waals surface area contributed by atoms with Gasteiger partial charge in [0.2, 0.25) is 11.8 Å². The third-order valence-electron chi connectivity index (χ3n) is 4.06. The molecule has 0 saturated carbocycles. The van der Waals surface area contributed by atoms with Crippen LogP contribution in [0.25, 0.3) is 10.8 Å². The molecule has 0 aliphatic carbocycles. The SMILES string of the molecule is O=C1CC(=O)N(c2cccc(O)c2)c2ccc3ccccc3c2N1. The Bertz CT molecular complexity index is 981. The normalized spacial score (nSPS) is 14.2. The van der Waals surface area contributed by atoms with Gasteiger partial charge in [-0.25, -0.2) is 0 Å². The summed E-state index contributed by atoms with van der Waals surface area (Å²) in [7, 11) is 0. The van der Waals surface area contributed by atoms with E-state index >= 15 is 0 Å². The molecule has 118 valence electrons. The standard InChI is InChI=1S/C19H14N2O3/c22-14-6-3-5-13(10-14)21-16-9-8-12-4-1-2-7-15(12)19(16)20-17(23)11-18(21)24/h1-10,22H,11H2,(H,20,23). The van der Waals surface area contributed by atoms with E-state index in [0.29, 0.717) is 17.1 Å². The van der Waals surface area contributed by atoms with Crippen LogP contribution in [0.3, 0.4) is 0 Å². The lowest BCUT2D eigenvalue weighted by molar-refractivity contribution is -0.124. The van der Waals surface area contributed by atoms with Gasteiger partial charge >= 0.3 is 0 Å². The van der Waals surface area contributed by atoms with E-state index in [4.69, 9.17) is 0 Å². The number of carbonyl (C=O) groups excluding carboxylic acids is 2. The van der Waals surface area contributed by atoms with Crippen LogP contribution in [0.4, 0.5) is 17.1 Å². The van der Waals surface area contributed by atoms with Crippen LogP contribution in [0.2, 0.25) is 0 Å². The maximum Gasteiger partial charge on any atom is 0.241 e. The second-order valence-electron chi connectivity index (χ2n) is 5.65. The fraction of sp³-hybridized carbons (Fsp3) is 0.0526. The predicted octanol–water partition coefficient (Wildman–Crippen LogP) is 3.55.